The van der Waals surface area contributed by atoms with Crippen molar-refractivity contribution in [1.82, 2.24) is 13.9 Å². The van der Waals surface area contributed by atoms with Gasteiger partial charge in [-0.3, -0.25) is 0 Å². The molecule has 1 heterocycles. The molecule has 0 bridgehead atoms. The summed E-state index contributed by atoms with van der Waals surface area (Å²) >= 11 is 5.95. The van der Waals surface area contributed by atoms with Gasteiger partial charge in [0, 0.05) is 20.1 Å². The summed E-state index contributed by atoms with van der Waals surface area (Å²) in [6.45, 7) is 1.71. The Bertz CT molecular complexity index is 743. The zero-order chi connectivity index (χ0) is 15.8. The summed E-state index contributed by atoms with van der Waals surface area (Å²) in [6, 6.07) is 5.20. The molecule has 1 aromatic carbocycles. The largest absolute Gasteiger partial charge is 0.324 e. The molecule has 21 heavy (non-hydrogen) atoms. The van der Waals surface area contributed by atoms with E-state index in [1.165, 1.54) is 30.1 Å². The Morgan fingerprint density at radius 3 is 2.38 bits per heavy atom. The van der Waals surface area contributed by atoms with Crippen molar-refractivity contribution in [2.75, 3.05) is 7.05 Å². The van der Waals surface area contributed by atoms with Crippen molar-refractivity contribution < 1.29 is 12.8 Å². The van der Waals surface area contributed by atoms with Crippen LogP contribution in [0, 0.1) is 5.82 Å². The molecule has 0 saturated heterocycles. The number of benzene rings is 1. The van der Waals surface area contributed by atoms with E-state index in [0.29, 0.717) is 5.56 Å². The molecule has 0 N–H and O–H groups in total. The fourth-order valence-electron chi connectivity index (χ4n) is 1.86. The highest BCUT2D eigenvalue weighted by Gasteiger charge is 2.31. The van der Waals surface area contributed by atoms with Gasteiger partial charge in [-0.2, -0.15) is 4.31 Å². The third kappa shape index (κ3) is 2.95. The summed E-state index contributed by atoms with van der Waals surface area (Å²) < 4.78 is 40.6. The molecule has 2 aromatic rings. The Morgan fingerprint density at radius 1 is 1.33 bits per heavy atom. The van der Waals surface area contributed by atoms with Crippen LogP contribution < -0.4 is 0 Å². The lowest BCUT2D eigenvalue weighted by molar-refractivity contribution is 0.396. The van der Waals surface area contributed by atoms with Gasteiger partial charge in [-0.05, 0) is 24.6 Å². The SMILES string of the molecule is CC(c1ccc(F)cc1)N(C)S(=O)(=O)c1ncn(C)c1Cl. The smallest absolute Gasteiger partial charge is 0.263 e. The van der Waals surface area contributed by atoms with Crippen molar-refractivity contribution >= 4 is 21.6 Å². The predicted molar refractivity (Wildman–Crippen MR) is 78.0 cm³/mol. The van der Waals surface area contributed by atoms with E-state index in [4.69, 9.17) is 11.6 Å². The van der Waals surface area contributed by atoms with E-state index in [2.05, 4.69) is 4.98 Å². The van der Waals surface area contributed by atoms with Crippen LogP contribution in [0.5, 0.6) is 0 Å². The molecule has 1 aromatic heterocycles. The highest BCUT2D eigenvalue weighted by molar-refractivity contribution is 7.89. The molecule has 5 nitrogen and oxygen atoms in total. The fourth-order valence-corrected chi connectivity index (χ4v) is 3.60. The predicted octanol–water partition coefficient (Wildman–Crippen LogP) is 2.59. The quantitative estimate of drug-likeness (QED) is 0.865. The fraction of sp³-hybridized carbons (Fsp3) is 0.308. The van der Waals surface area contributed by atoms with Crippen molar-refractivity contribution in [2.24, 2.45) is 7.05 Å². The lowest BCUT2D eigenvalue weighted by atomic mass is 10.1. The van der Waals surface area contributed by atoms with Gasteiger partial charge >= 0.3 is 0 Å². The highest BCUT2D eigenvalue weighted by atomic mass is 35.5. The van der Waals surface area contributed by atoms with E-state index in [9.17, 15) is 12.8 Å². The molecule has 0 aliphatic rings. The van der Waals surface area contributed by atoms with Gasteiger partial charge in [0.05, 0.1) is 6.33 Å². The van der Waals surface area contributed by atoms with Crippen LogP contribution in [0.3, 0.4) is 0 Å². The lowest BCUT2D eigenvalue weighted by Crippen LogP contribution is -2.30. The number of hydrogen-bond acceptors (Lipinski definition) is 3. The van der Waals surface area contributed by atoms with Crippen molar-refractivity contribution in [1.29, 1.82) is 0 Å². The summed E-state index contributed by atoms with van der Waals surface area (Å²) in [4.78, 5) is 3.84. The number of hydrogen-bond donors (Lipinski definition) is 0. The zero-order valence-corrected chi connectivity index (χ0v) is 13.4. The molecule has 0 fully saturated rings. The maximum Gasteiger partial charge on any atom is 0.263 e. The normalized spacial score (nSPS) is 13.6. The van der Waals surface area contributed by atoms with Gasteiger partial charge in [0.25, 0.3) is 10.0 Å². The second kappa shape index (κ2) is 5.75. The van der Waals surface area contributed by atoms with Gasteiger partial charge < -0.3 is 4.57 Å². The number of nitrogens with zero attached hydrogens (tertiary/aromatic N) is 3. The van der Waals surface area contributed by atoms with E-state index in [-0.39, 0.29) is 16.0 Å². The molecule has 114 valence electrons. The van der Waals surface area contributed by atoms with Gasteiger partial charge in [-0.1, -0.05) is 23.7 Å². The summed E-state index contributed by atoms with van der Waals surface area (Å²) in [6.07, 6.45) is 1.34. The summed E-state index contributed by atoms with van der Waals surface area (Å²) in [5, 5.41) is -0.142. The summed E-state index contributed by atoms with van der Waals surface area (Å²) in [5.74, 6) is -0.371. The first kappa shape index (κ1) is 15.9. The maximum absolute atomic E-state index is 12.9. The second-order valence-electron chi connectivity index (χ2n) is 4.70. The molecule has 8 heteroatoms. The Kier molecular flexibility index (Phi) is 4.36. The first-order chi connectivity index (χ1) is 9.75. The van der Waals surface area contributed by atoms with Crippen LogP contribution in [0.25, 0.3) is 0 Å². The summed E-state index contributed by atoms with van der Waals surface area (Å²) in [5.41, 5.74) is 0.675. The minimum Gasteiger partial charge on any atom is -0.324 e. The Labute approximate surface area is 128 Å². The molecule has 0 aliphatic carbocycles. The Balaban J connectivity index is 2.36. The number of rotatable bonds is 4. The van der Waals surface area contributed by atoms with Crippen molar-refractivity contribution in [3.63, 3.8) is 0 Å². The van der Waals surface area contributed by atoms with Crippen LogP contribution in [0.15, 0.2) is 35.6 Å². The van der Waals surface area contributed by atoms with Crippen LogP contribution in [0.1, 0.15) is 18.5 Å². The first-order valence-electron chi connectivity index (χ1n) is 6.15. The van der Waals surface area contributed by atoms with E-state index in [0.717, 1.165) is 4.31 Å². The maximum atomic E-state index is 12.9. The van der Waals surface area contributed by atoms with Crippen LogP contribution in [-0.2, 0) is 17.1 Å². The van der Waals surface area contributed by atoms with E-state index < -0.39 is 16.1 Å². The zero-order valence-electron chi connectivity index (χ0n) is 11.8. The molecule has 0 amide bonds. The number of imidazole rings is 1. The minimum absolute atomic E-state index is 0.0492. The van der Waals surface area contributed by atoms with E-state index in [1.54, 1.807) is 26.1 Å². The molecule has 0 aliphatic heterocycles. The van der Waals surface area contributed by atoms with Gasteiger partial charge in [0.2, 0.25) is 5.03 Å². The molecule has 2 rings (SSSR count). The van der Waals surface area contributed by atoms with Gasteiger partial charge in [-0.25, -0.2) is 17.8 Å². The average Bonchev–Trinajstić information content (AvgIpc) is 2.78. The van der Waals surface area contributed by atoms with Crippen molar-refractivity contribution in [3.8, 4) is 0 Å². The van der Waals surface area contributed by atoms with Crippen molar-refractivity contribution in [3.05, 3.63) is 47.1 Å². The number of halogens is 2. The summed E-state index contributed by atoms with van der Waals surface area (Å²) in [7, 11) is -0.783. The third-order valence-electron chi connectivity index (χ3n) is 3.36. The first-order valence-corrected chi connectivity index (χ1v) is 7.97. The molecule has 0 radical (unpaired) electrons. The van der Waals surface area contributed by atoms with E-state index >= 15 is 0 Å². The average molecular weight is 332 g/mol. The molecule has 0 saturated carbocycles. The molecular weight excluding hydrogens is 317 g/mol. The van der Waals surface area contributed by atoms with Crippen LogP contribution in [0.4, 0.5) is 4.39 Å². The lowest BCUT2D eigenvalue weighted by Gasteiger charge is -2.23. The third-order valence-corrected chi connectivity index (χ3v) is 5.78. The Morgan fingerprint density at radius 2 is 1.90 bits per heavy atom. The molecule has 1 unspecified atom stereocenters. The second-order valence-corrected chi connectivity index (χ2v) is 6.97. The van der Waals surface area contributed by atoms with Crippen LogP contribution in [-0.4, -0.2) is 29.3 Å². The number of aromatic nitrogens is 2. The molecule has 0 spiro atoms. The van der Waals surface area contributed by atoms with E-state index in [1.807, 2.05) is 0 Å². The van der Waals surface area contributed by atoms with Crippen molar-refractivity contribution in [2.45, 2.75) is 18.0 Å². The molecule has 1 atom stereocenters. The monoisotopic (exact) mass is 331 g/mol. The topological polar surface area (TPSA) is 55.2 Å². The van der Waals surface area contributed by atoms with Crippen LogP contribution >= 0.6 is 11.6 Å². The highest BCUT2D eigenvalue weighted by Crippen LogP contribution is 2.28. The standard InChI is InChI=1S/C13H15ClFN3O2S/c1-9(10-4-6-11(15)7-5-10)18(3)21(19,20)13-12(14)17(2)8-16-13/h4-9H,1-3H3. The minimum atomic E-state index is -3.83. The molecular formula is C13H15ClFN3O2S. The van der Waals surface area contributed by atoms with Gasteiger partial charge in [-0.15, -0.1) is 0 Å². The van der Waals surface area contributed by atoms with Crippen LogP contribution in [0.2, 0.25) is 5.15 Å². The Hall–Kier alpha value is -1.44. The van der Waals surface area contributed by atoms with Gasteiger partial charge in [0.1, 0.15) is 11.0 Å². The van der Waals surface area contributed by atoms with Gasteiger partial charge in [0.15, 0.2) is 0 Å². The number of aryl methyl sites for hydroxylation is 1. The number of sulfonamides is 1.